The number of nitrogens with two attached hydrogens (primary N) is 1. The summed E-state index contributed by atoms with van der Waals surface area (Å²) < 4.78 is 29.1. The van der Waals surface area contributed by atoms with Crippen LogP contribution in [0.5, 0.6) is 0 Å². The molecule has 3 aromatic heterocycles. The number of rotatable bonds is 3. The van der Waals surface area contributed by atoms with Gasteiger partial charge >= 0.3 is 0 Å². The number of nitrogen functional groups attached to an aromatic ring is 1. The molecule has 0 amide bonds. The summed E-state index contributed by atoms with van der Waals surface area (Å²) in [5.74, 6) is 0.192. The monoisotopic (exact) mass is 372 g/mol. The van der Waals surface area contributed by atoms with Crippen LogP contribution in [0, 0.1) is 0 Å². The average Bonchev–Trinajstić information content (AvgIpc) is 2.83. The average molecular weight is 372 g/mol. The molecule has 26 heavy (non-hydrogen) atoms. The molecule has 4 rings (SSSR count). The van der Waals surface area contributed by atoms with Gasteiger partial charge < -0.3 is 5.73 Å². The van der Waals surface area contributed by atoms with Crippen LogP contribution >= 0.6 is 0 Å². The molecular weight excluding hydrogens is 352 g/mol. The molecule has 3 aromatic rings. The van der Waals surface area contributed by atoms with Gasteiger partial charge in [-0.25, -0.2) is 12.9 Å². The Balaban J connectivity index is 1.71. The molecule has 136 valence electrons. The number of pyridine rings is 2. The Morgan fingerprint density at radius 1 is 1.00 bits per heavy atom. The number of nitrogens with zero attached hydrogens (tertiary/aromatic N) is 5. The van der Waals surface area contributed by atoms with Gasteiger partial charge in [0.05, 0.1) is 0 Å². The van der Waals surface area contributed by atoms with E-state index in [1.54, 1.807) is 33.3 Å². The topological polar surface area (TPSA) is 106 Å². The molecule has 0 aliphatic carbocycles. The van der Waals surface area contributed by atoms with Crippen LogP contribution in [-0.2, 0) is 10.0 Å². The second kappa shape index (κ2) is 6.65. The van der Waals surface area contributed by atoms with E-state index in [1.165, 1.54) is 6.20 Å². The summed E-state index contributed by atoms with van der Waals surface area (Å²) in [5.41, 5.74) is 7.75. The zero-order valence-corrected chi connectivity index (χ0v) is 15.1. The molecule has 1 aliphatic rings. The number of hydrogen-bond donors (Lipinski definition) is 1. The third-order valence-electron chi connectivity index (χ3n) is 4.60. The van der Waals surface area contributed by atoms with Gasteiger partial charge in [-0.15, -0.1) is 5.10 Å². The molecule has 1 aliphatic heterocycles. The molecule has 9 heteroatoms. The first kappa shape index (κ1) is 16.9. The molecule has 0 atom stereocenters. The maximum absolute atomic E-state index is 13.0. The van der Waals surface area contributed by atoms with Crippen LogP contribution in [-0.4, -0.2) is 45.4 Å². The first-order valence-electron chi connectivity index (χ1n) is 8.61. The summed E-state index contributed by atoms with van der Waals surface area (Å²) in [7, 11) is -3.54. The number of anilines is 1. The fraction of sp³-hybridized carbons (Fsp3) is 0.353. The van der Waals surface area contributed by atoms with Crippen LogP contribution in [0.2, 0.25) is 0 Å². The lowest BCUT2D eigenvalue weighted by Gasteiger charge is -2.20. The van der Waals surface area contributed by atoms with Crippen molar-refractivity contribution in [3.05, 3.63) is 36.8 Å². The van der Waals surface area contributed by atoms with Crippen molar-refractivity contribution < 1.29 is 8.42 Å². The standard InChI is InChI=1S/C17H20N6O2S/c18-17-20-16-6-5-13(12-23(16)21-17)14-9-15(11-19-10-14)26(24,25)22-7-3-1-2-4-8-22/h5-6,9-12H,1-4,7-8H2,(H2,18,21). The van der Waals surface area contributed by atoms with Gasteiger partial charge in [-0.3, -0.25) is 4.98 Å². The van der Waals surface area contributed by atoms with Gasteiger partial charge in [-0.2, -0.15) is 9.29 Å². The first-order chi connectivity index (χ1) is 12.5. The molecule has 2 N–H and O–H groups in total. The van der Waals surface area contributed by atoms with E-state index >= 15 is 0 Å². The number of aromatic nitrogens is 4. The molecule has 4 heterocycles. The third kappa shape index (κ3) is 3.15. The smallest absolute Gasteiger partial charge is 0.244 e. The quantitative estimate of drug-likeness (QED) is 0.753. The minimum Gasteiger partial charge on any atom is -0.366 e. The van der Waals surface area contributed by atoms with Gasteiger partial charge in [0.1, 0.15) is 4.90 Å². The van der Waals surface area contributed by atoms with E-state index in [-0.39, 0.29) is 10.8 Å². The van der Waals surface area contributed by atoms with Crippen LogP contribution in [0.15, 0.2) is 41.7 Å². The van der Waals surface area contributed by atoms with E-state index in [2.05, 4.69) is 15.1 Å². The first-order valence-corrected chi connectivity index (χ1v) is 10.1. The van der Waals surface area contributed by atoms with Gasteiger partial charge in [0.15, 0.2) is 5.65 Å². The van der Waals surface area contributed by atoms with E-state index in [1.807, 2.05) is 6.07 Å². The van der Waals surface area contributed by atoms with E-state index in [9.17, 15) is 8.42 Å². The van der Waals surface area contributed by atoms with E-state index in [4.69, 9.17) is 5.73 Å². The Kier molecular flexibility index (Phi) is 4.33. The Morgan fingerprint density at radius 3 is 2.54 bits per heavy atom. The number of fused-ring (bicyclic) bond motifs is 1. The fourth-order valence-corrected chi connectivity index (χ4v) is 4.73. The minimum absolute atomic E-state index is 0.192. The van der Waals surface area contributed by atoms with Crippen molar-refractivity contribution in [2.45, 2.75) is 30.6 Å². The molecule has 0 bridgehead atoms. The Labute approximate surface area is 151 Å². The van der Waals surface area contributed by atoms with Gasteiger partial charge in [-0.05, 0) is 31.0 Å². The highest BCUT2D eigenvalue weighted by Gasteiger charge is 2.25. The largest absolute Gasteiger partial charge is 0.366 e. The third-order valence-corrected chi connectivity index (χ3v) is 6.46. The molecular formula is C17H20N6O2S. The van der Waals surface area contributed by atoms with Gasteiger partial charge in [0, 0.05) is 42.8 Å². The van der Waals surface area contributed by atoms with Crippen LogP contribution < -0.4 is 5.73 Å². The van der Waals surface area contributed by atoms with Crippen molar-refractivity contribution in [2.24, 2.45) is 0 Å². The summed E-state index contributed by atoms with van der Waals surface area (Å²) in [4.78, 5) is 8.46. The Morgan fingerprint density at radius 2 is 1.77 bits per heavy atom. The van der Waals surface area contributed by atoms with Gasteiger partial charge in [0.25, 0.3) is 0 Å². The van der Waals surface area contributed by atoms with E-state index in [0.29, 0.717) is 24.3 Å². The van der Waals surface area contributed by atoms with Crippen molar-refractivity contribution in [2.75, 3.05) is 18.8 Å². The van der Waals surface area contributed by atoms with Crippen molar-refractivity contribution in [1.29, 1.82) is 0 Å². The van der Waals surface area contributed by atoms with Crippen molar-refractivity contribution in [3.8, 4) is 11.1 Å². The second-order valence-electron chi connectivity index (χ2n) is 6.42. The number of hydrogen-bond acceptors (Lipinski definition) is 6. The van der Waals surface area contributed by atoms with Crippen LogP contribution in [0.1, 0.15) is 25.7 Å². The second-order valence-corrected chi connectivity index (χ2v) is 8.36. The molecule has 8 nitrogen and oxygen atoms in total. The van der Waals surface area contributed by atoms with Crippen molar-refractivity contribution in [3.63, 3.8) is 0 Å². The highest BCUT2D eigenvalue weighted by Crippen LogP contribution is 2.25. The molecule has 0 saturated carbocycles. The maximum Gasteiger partial charge on any atom is 0.244 e. The lowest BCUT2D eigenvalue weighted by molar-refractivity contribution is 0.423. The lowest BCUT2D eigenvalue weighted by Crippen LogP contribution is -2.32. The SMILES string of the molecule is Nc1nc2ccc(-c3cncc(S(=O)(=O)N4CCCCCC4)c3)cn2n1. The highest BCUT2D eigenvalue weighted by atomic mass is 32.2. The van der Waals surface area contributed by atoms with Crippen LogP contribution in [0.4, 0.5) is 5.95 Å². The highest BCUT2D eigenvalue weighted by molar-refractivity contribution is 7.89. The zero-order valence-electron chi connectivity index (χ0n) is 14.2. The predicted octanol–water partition coefficient (Wildman–Crippen LogP) is 1.94. The molecule has 0 spiro atoms. The summed E-state index contributed by atoms with van der Waals surface area (Å²) in [6, 6.07) is 5.30. The van der Waals surface area contributed by atoms with Gasteiger partial charge in [0.2, 0.25) is 16.0 Å². The Bertz CT molecular complexity index is 1040. The predicted molar refractivity (Wildman–Crippen MR) is 97.9 cm³/mol. The van der Waals surface area contributed by atoms with Crippen LogP contribution in [0.25, 0.3) is 16.8 Å². The summed E-state index contributed by atoms with van der Waals surface area (Å²) in [6.07, 6.45) is 8.76. The zero-order chi connectivity index (χ0) is 18.1. The number of sulfonamides is 1. The van der Waals surface area contributed by atoms with E-state index in [0.717, 1.165) is 31.2 Å². The maximum atomic E-state index is 13.0. The lowest BCUT2D eigenvalue weighted by atomic mass is 10.1. The Hall–Kier alpha value is -2.52. The minimum atomic E-state index is -3.54. The van der Waals surface area contributed by atoms with Crippen LogP contribution in [0.3, 0.4) is 0 Å². The van der Waals surface area contributed by atoms with Crippen molar-refractivity contribution >= 4 is 21.6 Å². The normalized spacial score (nSPS) is 16.6. The van der Waals surface area contributed by atoms with E-state index < -0.39 is 10.0 Å². The molecule has 0 radical (unpaired) electrons. The van der Waals surface area contributed by atoms with Gasteiger partial charge in [-0.1, -0.05) is 12.8 Å². The molecule has 0 aromatic carbocycles. The summed E-state index contributed by atoms with van der Waals surface area (Å²) in [5, 5.41) is 4.09. The molecule has 1 saturated heterocycles. The summed E-state index contributed by atoms with van der Waals surface area (Å²) in [6.45, 7) is 1.13. The molecule has 0 unspecified atom stereocenters. The molecule has 1 fully saturated rings. The van der Waals surface area contributed by atoms with Crippen molar-refractivity contribution in [1.82, 2.24) is 23.9 Å². The fourth-order valence-electron chi connectivity index (χ4n) is 3.22. The summed E-state index contributed by atoms with van der Waals surface area (Å²) >= 11 is 0.